The number of hydrogen-bond acceptors (Lipinski definition) is 6. The van der Waals surface area contributed by atoms with Crippen molar-refractivity contribution >= 4 is 36.3 Å². The highest BCUT2D eigenvalue weighted by atomic mass is 32.1. The molecule has 0 aliphatic heterocycles. The summed E-state index contributed by atoms with van der Waals surface area (Å²) in [4.78, 5) is 45.5. The second kappa shape index (κ2) is 10.0. The lowest BCUT2D eigenvalue weighted by atomic mass is 10.2. The van der Waals surface area contributed by atoms with Crippen molar-refractivity contribution in [2.45, 2.75) is 32.9 Å². The standard InChI is InChI=1S/C12H21N3O5S/c1-4-20-12(19)9(6-21)15-11(18)7(2)14-10(17)5-13-8(3)16/h7,9,21H,4-6H2,1-3H3,(H,13,16)(H,14,17)(H,15,18)/t7-,9-/m0/s1. The minimum atomic E-state index is -0.879. The molecule has 2 atom stereocenters. The van der Waals surface area contributed by atoms with Gasteiger partial charge >= 0.3 is 5.97 Å². The summed E-state index contributed by atoms with van der Waals surface area (Å²) >= 11 is 3.97. The van der Waals surface area contributed by atoms with E-state index in [1.165, 1.54) is 13.8 Å². The van der Waals surface area contributed by atoms with Crippen LogP contribution in [0.5, 0.6) is 0 Å². The molecular formula is C12H21N3O5S. The molecule has 0 bridgehead atoms. The highest BCUT2D eigenvalue weighted by molar-refractivity contribution is 7.80. The van der Waals surface area contributed by atoms with Gasteiger partial charge in [-0.15, -0.1) is 0 Å². The van der Waals surface area contributed by atoms with Crippen LogP contribution in [-0.2, 0) is 23.9 Å². The number of rotatable bonds is 8. The molecule has 0 aromatic heterocycles. The highest BCUT2D eigenvalue weighted by Gasteiger charge is 2.24. The molecule has 0 aromatic rings. The van der Waals surface area contributed by atoms with Crippen LogP contribution in [0.4, 0.5) is 0 Å². The fourth-order valence-corrected chi connectivity index (χ4v) is 1.52. The Hall–Kier alpha value is -1.77. The summed E-state index contributed by atoms with van der Waals surface area (Å²) in [5.41, 5.74) is 0. The molecule has 0 radical (unpaired) electrons. The summed E-state index contributed by atoms with van der Waals surface area (Å²) in [6.45, 7) is 4.37. The zero-order valence-corrected chi connectivity index (χ0v) is 13.2. The number of ether oxygens (including phenoxy) is 1. The van der Waals surface area contributed by atoms with Gasteiger partial charge in [0.25, 0.3) is 0 Å². The molecule has 0 rings (SSSR count). The van der Waals surface area contributed by atoms with Crippen molar-refractivity contribution in [2.24, 2.45) is 0 Å². The third-order valence-corrected chi connectivity index (χ3v) is 2.70. The molecule has 120 valence electrons. The molecule has 0 saturated carbocycles. The molecule has 9 heteroatoms. The minimum absolute atomic E-state index is 0.0805. The lowest BCUT2D eigenvalue weighted by Gasteiger charge is -2.19. The van der Waals surface area contributed by atoms with E-state index in [0.29, 0.717) is 0 Å². The van der Waals surface area contributed by atoms with Crippen molar-refractivity contribution in [3.63, 3.8) is 0 Å². The fraction of sp³-hybridized carbons (Fsp3) is 0.667. The predicted octanol–water partition coefficient (Wildman–Crippen LogP) is -1.40. The Morgan fingerprint density at radius 3 is 2.29 bits per heavy atom. The number of thiol groups is 1. The molecular weight excluding hydrogens is 298 g/mol. The van der Waals surface area contributed by atoms with E-state index < -0.39 is 29.9 Å². The number of esters is 1. The Balaban J connectivity index is 4.33. The molecule has 0 aliphatic rings. The second-order valence-corrected chi connectivity index (χ2v) is 4.56. The first-order chi connectivity index (χ1) is 9.81. The predicted molar refractivity (Wildman–Crippen MR) is 78.7 cm³/mol. The van der Waals surface area contributed by atoms with Gasteiger partial charge in [0.15, 0.2) is 0 Å². The second-order valence-electron chi connectivity index (χ2n) is 4.19. The topological polar surface area (TPSA) is 114 Å². The third-order valence-electron chi connectivity index (χ3n) is 2.34. The van der Waals surface area contributed by atoms with E-state index in [1.54, 1.807) is 6.92 Å². The molecule has 0 saturated heterocycles. The van der Waals surface area contributed by atoms with Crippen LogP contribution in [0.1, 0.15) is 20.8 Å². The maximum atomic E-state index is 11.8. The molecule has 8 nitrogen and oxygen atoms in total. The van der Waals surface area contributed by atoms with Crippen LogP contribution in [0.2, 0.25) is 0 Å². The largest absolute Gasteiger partial charge is 0.464 e. The monoisotopic (exact) mass is 319 g/mol. The van der Waals surface area contributed by atoms with Crippen LogP contribution >= 0.6 is 12.6 Å². The van der Waals surface area contributed by atoms with Gasteiger partial charge in [-0.05, 0) is 13.8 Å². The Morgan fingerprint density at radius 1 is 1.19 bits per heavy atom. The van der Waals surface area contributed by atoms with Gasteiger partial charge in [0.1, 0.15) is 12.1 Å². The van der Waals surface area contributed by atoms with Gasteiger partial charge in [-0.2, -0.15) is 12.6 Å². The van der Waals surface area contributed by atoms with Crippen molar-refractivity contribution in [1.82, 2.24) is 16.0 Å². The van der Waals surface area contributed by atoms with E-state index in [4.69, 9.17) is 4.74 Å². The van der Waals surface area contributed by atoms with Crippen LogP contribution in [0.3, 0.4) is 0 Å². The first-order valence-corrected chi connectivity index (χ1v) is 7.06. The van der Waals surface area contributed by atoms with Crippen molar-refractivity contribution < 1.29 is 23.9 Å². The Morgan fingerprint density at radius 2 is 1.81 bits per heavy atom. The van der Waals surface area contributed by atoms with E-state index in [2.05, 4.69) is 28.6 Å². The van der Waals surface area contributed by atoms with Gasteiger partial charge < -0.3 is 20.7 Å². The van der Waals surface area contributed by atoms with Crippen LogP contribution in [0.15, 0.2) is 0 Å². The quantitative estimate of drug-likeness (QED) is 0.325. The molecule has 0 spiro atoms. The summed E-state index contributed by atoms with van der Waals surface area (Å²) in [5, 5.41) is 7.13. The molecule has 21 heavy (non-hydrogen) atoms. The molecule has 3 amide bonds. The average molecular weight is 319 g/mol. The van der Waals surface area contributed by atoms with E-state index in [9.17, 15) is 19.2 Å². The zero-order chi connectivity index (χ0) is 16.4. The number of nitrogens with one attached hydrogen (secondary N) is 3. The van der Waals surface area contributed by atoms with Crippen molar-refractivity contribution in [3.05, 3.63) is 0 Å². The smallest absolute Gasteiger partial charge is 0.329 e. The first-order valence-electron chi connectivity index (χ1n) is 6.43. The van der Waals surface area contributed by atoms with Crippen molar-refractivity contribution in [3.8, 4) is 0 Å². The molecule has 0 aromatic carbocycles. The van der Waals surface area contributed by atoms with E-state index in [0.717, 1.165) is 0 Å². The Bertz CT molecular complexity index is 402. The normalized spacial score (nSPS) is 12.8. The lowest BCUT2D eigenvalue weighted by molar-refractivity contribution is -0.146. The highest BCUT2D eigenvalue weighted by Crippen LogP contribution is 1.94. The van der Waals surface area contributed by atoms with Gasteiger partial charge in [0.05, 0.1) is 13.2 Å². The lowest BCUT2D eigenvalue weighted by Crippen LogP contribution is -2.52. The minimum Gasteiger partial charge on any atom is -0.464 e. The number of carbonyl (C=O) groups is 4. The number of hydrogen-bond donors (Lipinski definition) is 4. The SMILES string of the molecule is CCOC(=O)[C@H](CS)NC(=O)[C@H](C)NC(=O)CNC(C)=O. The van der Waals surface area contributed by atoms with Gasteiger partial charge in [0.2, 0.25) is 17.7 Å². The van der Waals surface area contributed by atoms with E-state index in [-0.39, 0.29) is 24.8 Å². The summed E-state index contributed by atoms with van der Waals surface area (Å²) in [6.07, 6.45) is 0. The molecule has 3 N–H and O–H groups in total. The van der Waals surface area contributed by atoms with Crippen molar-refractivity contribution in [1.29, 1.82) is 0 Å². The number of amides is 3. The van der Waals surface area contributed by atoms with Crippen molar-refractivity contribution in [2.75, 3.05) is 18.9 Å². The molecule has 0 aliphatic carbocycles. The third kappa shape index (κ3) is 8.18. The van der Waals surface area contributed by atoms with Gasteiger partial charge in [-0.3, -0.25) is 14.4 Å². The van der Waals surface area contributed by atoms with Gasteiger partial charge in [-0.1, -0.05) is 0 Å². The Labute approximate surface area is 128 Å². The zero-order valence-electron chi connectivity index (χ0n) is 12.3. The van der Waals surface area contributed by atoms with E-state index >= 15 is 0 Å². The number of carbonyl (C=O) groups excluding carboxylic acids is 4. The summed E-state index contributed by atoms with van der Waals surface area (Å²) < 4.78 is 4.78. The first kappa shape index (κ1) is 19.2. The van der Waals surface area contributed by atoms with Crippen LogP contribution in [-0.4, -0.2) is 54.7 Å². The van der Waals surface area contributed by atoms with Crippen LogP contribution in [0.25, 0.3) is 0 Å². The molecule has 0 unspecified atom stereocenters. The maximum absolute atomic E-state index is 11.8. The maximum Gasteiger partial charge on any atom is 0.329 e. The molecule has 0 fully saturated rings. The summed E-state index contributed by atoms with van der Waals surface area (Å²) in [5.74, 6) is -1.90. The van der Waals surface area contributed by atoms with Crippen LogP contribution < -0.4 is 16.0 Å². The summed E-state index contributed by atoms with van der Waals surface area (Å²) in [6, 6.07) is -1.74. The van der Waals surface area contributed by atoms with Gasteiger partial charge in [-0.25, -0.2) is 4.79 Å². The van der Waals surface area contributed by atoms with Gasteiger partial charge in [0, 0.05) is 12.7 Å². The summed E-state index contributed by atoms with van der Waals surface area (Å²) in [7, 11) is 0. The van der Waals surface area contributed by atoms with E-state index in [1.807, 2.05) is 0 Å². The average Bonchev–Trinajstić information content (AvgIpc) is 2.42. The Kier molecular flexibility index (Phi) is 9.18. The van der Waals surface area contributed by atoms with Crippen LogP contribution in [0, 0.1) is 0 Å². The molecule has 0 heterocycles. The fourth-order valence-electron chi connectivity index (χ4n) is 1.28.